The van der Waals surface area contributed by atoms with Crippen LogP contribution >= 0.6 is 0 Å². The van der Waals surface area contributed by atoms with Crippen LogP contribution in [0.5, 0.6) is 0 Å². The van der Waals surface area contributed by atoms with E-state index in [1.54, 1.807) is 4.90 Å². The van der Waals surface area contributed by atoms with Gasteiger partial charge >= 0.3 is 6.09 Å². The van der Waals surface area contributed by atoms with Gasteiger partial charge in [-0.3, -0.25) is 0 Å². The molecule has 1 aliphatic heterocycles. The van der Waals surface area contributed by atoms with Crippen molar-refractivity contribution in [1.29, 1.82) is 0 Å². The number of likely N-dealkylation sites (tertiary alicyclic amines) is 1. The zero-order valence-electron chi connectivity index (χ0n) is 9.56. The Morgan fingerprint density at radius 2 is 2.20 bits per heavy atom. The van der Waals surface area contributed by atoms with Crippen molar-refractivity contribution in [3.63, 3.8) is 0 Å². The number of carbonyl (C=O) groups is 1. The number of hydrogen-bond donors (Lipinski definition) is 1. The SMILES string of the molecule is CC(C)(C)OC(=O)N1CC2CC2C1CO. The van der Waals surface area contributed by atoms with Gasteiger partial charge in [-0.05, 0) is 39.0 Å². The summed E-state index contributed by atoms with van der Waals surface area (Å²) in [5.74, 6) is 1.12. The van der Waals surface area contributed by atoms with E-state index in [2.05, 4.69) is 0 Å². The maximum Gasteiger partial charge on any atom is 0.410 e. The lowest BCUT2D eigenvalue weighted by atomic mass is 10.2. The van der Waals surface area contributed by atoms with Crippen LogP contribution in [0, 0.1) is 11.8 Å². The van der Waals surface area contributed by atoms with Crippen LogP contribution in [0.2, 0.25) is 0 Å². The van der Waals surface area contributed by atoms with Crippen LogP contribution in [0.4, 0.5) is 4.79 Å². The Morgan fingerprint density at radius 3 is 2.73 bits per heavy atom. The van der Waals surface area contributed by atoms with E-state index in [1.807, 2.05) is 20.8 Å². The summed E-state index contributed by atoms with van der Waals surface area (Å²) in [6, 6.07) is -0.00940. The quantitative estimate of drug-likeness (QED) is 0.712. The van der Waals surface area contributed by atoms with Gasteiger partial charge in [-0.2, -0.15) is 0 Å². The summed E-state index contributed by atoms with van der Waals surface area (Å²) in [7, 11) is 0. The highest BCUT2D eigenvalue weighted by Crippen LogP contribution is 2.49. The second kappa shape index (κ2) is 3.37. The van der Waals surface area contributed by atoms with Gasteiger partial charge in [0.15, 0.2) is 0 Å². The Bertz CT molecular complexity index is 271. The van der Waals surface area contributed by atoms with Crippen LogP contribution in [0.15, 0.2) is 0 Å². The summed E-state index contributed by atoms with van der Waals surface area (Å²) in [5, 5.41) is 9.23. The molecular weight excluding hydrogens is 194 g/mol. The first-order valence-electron chi connectivity index (χ1n) is 5.53. The predicted octanol–water partition coefficient (Wildman–Crippen LogP) is 1.23. The van der Waals surface area contributed by atoms with Gasteiger partial charge in [0.05, 0.1) is 12.6 Å². The highest BCUT2D eigenvalue weighted by Gasteiger charge is 2.54. The average Bonchev–Trinajstić information content (AvgIpc) is 2.75. The summed E-state index contributed by atoms with van der Waals surface area (Å²) in [5.41, 5.74) is -0.454. The van der Waals surface area contributed by atoms with E-state index in [-0.39, 0.29) is 18.7 Å². The highest BCUT2D eigenvalue weighted by molar-refractivity contribution is 5.69. The van der Waals surface area contributed by atoms with E-state index in [4.69, 9.17) is 4.74 Å². The lowest BCUT2D eigenvalue weighted by molar-refractivity contribution is 0.0133. The summed E-state index contributed by atoms with van der Waals surface area (Å²) in [6.07, 6.45) is 0.874. The van der Waals surface area contributed by atoms with Gasteiger partial charge in [0, 0.05) is 6.54 Å². The predicted molar refractivity (Wildman–Crippen MR) is 55.4 cm³/mol. The molecule has 2 rings (SSSR count). The molecule has 0 aromatic heterocycles. The second-order valence-electron chi connectivity index (χ2n) is 5.54. The number of amides is 1. The van der Waals surface area contributed by atoms with Crippen molar-refractivity contribution in [3.05, 3.63) is 0 Å². The molecule has 15 heavy (non-hydrogen) atoms. The van der Waals surface area contributed by atoms with E-state index < -0.39 is 5.60 Å². The molecular formula is C11H19NO3. The van der Waals surface area contributed by atoms with Gasteiger partial charge in [-0.1, -0.05) is 0 Å². The molecule has 0 spiro atoms. The lowest BCUT2D eigenvalue weighted by Crippen LogP contribution is -2.43. The summed E-state index contributed by atoms with van der Waals surface area (Å²) >= 11 is 0. The zero-order valence-corrected chi connectivity index (χ0v) is 9.56. The Balaban J connectivity index is 1.96. The molecule has 1 saturated carbocycles. The standard InChI is InChI=1S/C11H19NO3/c1-11(2,3)15-10(14)12-5-7-4-8(7)9(12)6-13/h7-9,13H,4-6H2,1-3H3. The lowest BCUT2D eigenvalue weighted by Gasteiger charge is -2.29. The number of aliphatic hydroxyl groups excluding tert-OH is 1. The zero-order chi connectivity index (χ0) is 11.2. The number of carbonyl (C=O) groups excluding carboxylic acids is 1. The molecule has 2 fully saturated rings. The van der Waals surface area contributed by atoms with Crippen molar-refractivity contribution in [2.75, 3.05) is 13.2 Å². The number of aliphatic hydroxyl groups is 1. The number of rotatable bonds is 1. The first kappa shape index (κ1) is 10.7. The second-order valence-corrected chi connectivity index (χ2v) is 5.54. The number of ether oxygens (including phenoxy) is 1. The van der Waals surface area contributed by atoms with Crippen LogP contribution in [-0.4, -0.2) is 40.9 Å². The maximum atomic E-state index is 11.8. The molecule has 4 heteroatoms. The van der Waals surface area contributed by atoms with Gasteiger partial charge < -0.3 is 14.7 Å². The van der Waals surface area contributed by atoms with Crippen LogP contribution in [0.1, 0.15) is 27.2 Å². The molecule has 4 nitrogen and oxygen atoms in total. The summed E-state index contributed by atoms with van der Waals surface area (Å²) in [4.78, 5) is 13.5. The van der Waals surface area contributed by atoms with Crippen LogP contribution in [0.25, 0.3) is 0 Å². The third kappa shape index (κ3) is 2.09. The topological polar surface area (TPSA) is 49.8 Å². The number of piperidine rings is 1. The number of nitrogens with zero attached hydrogens (tertiary/aromatic N) is 1. The molecule has 3 atom stereocenters. The minimum absolute atomic E-state index is 0.00940. The van der Waals surface area contributed by atoms with Crippen LogP contribution in [0.3, 0.4) is 0 Å². The van der Waals surface area contributed by atoms with Gasteiger partial charge in [-0.15, -0.1) is 0 Å². The molecule has 1 aliphatic carbocycles. The Kier molecular flexibility index (Phi) is 2.41. The third-order valence-electron chi connectivity index (χ3n) is 3.12. The minimum Gasteiger partial charge on any atom is -0.444 e. The molecule has 0 aromatic rings. The summed E-state index contributed by atoms with van der Waals surface area (Å²) in [6.45, 7) is 6.38. The molecule has 2 aliphatic rings. The van der Waals surface area contributed by atoms with Crippen molar-refractivity contribution >= 4 is 6.09 Å². The van der Waals surface area contributed by atoms with E-state index in [0.717, 1.165) is 13.0 Å². The fourth-order valence-electron chi connectivity index (χ4n) is 2.34. The van der Waals surface area contributed by atoms with Gasteiger partial charge in [-0.25, -0.2) is 4.79 Å². The van der Waals surface area contributed by atoms with Crippen molar-refractivity contribution in [2.24, 2.45) is 11.8 Å². The average molecular weight is 213 g/mol. The fourth-order valence-corrected chi connectivity index (χ4v) is 2.34. The Hall–Kier alpha value is -0.770. The fraction of sp³-hybridized carbons (Fsp3) is 0.909. The van der Waals surface area contributed by atoms with E-state index in [0.29, 0.717) is 11.8 Å². The Morgan fingerprint density at radius 1 is 1.53 bits per heavy atom. The molecule has 0 radical (unpaired) electrons. The number of fused-ring (bicyclic) bond motifs is 1. The first-order valence-corrected chi connectivity index (χ1v) is 5.53. The molecule has 0 bridgehead atoms. The molecule has 1 heterocycles. The highest BCUT2D eigenvalue weighted by atomic mass is 16.6. The summed E-state index contributed by atoms with van der Waals surface area (Å²) < 4.78 is 5.30. The molecule has 1 N–H and O–H groups in total. The van der Waals surface area contributed by atoms with Crippen molar-refractivity contribution in [3.8, 4) is 0 Å². The van der Waals surface area contributed by atoms with E-state index >= 15 is 0 Å². The molecule has 3 unspecified atom stereocenters. The minimum atomic E-state index is -0.454. The normalized spacial score (nSPS) is 33.9. The monoisotopic (exact) mass is 213 g/mol. The first-order chi connectivity index (χ1) is 6.92. The van der Waals surface area contributed by atoms with Crippen molar-refractivity contribution < 1.29 is 14.6 Å². The van der Waals surface area contributed by atoms with Gasteiger partial charge in [0.25, 0.3) is 0 Å². The number of hydrogen-bond acceptors (Lipinski definition) is 3. The van der Waals surface area contributed by atoms with Gasteiger partial charge in [0.2, 0.25) is 0 Å². The van der Waals surface area contributed by atoms with Crippen LogP contribution in [-0.2, 0) is 4.74 Å². The van der Waals surface area contributed by atoms with Crippen molar-refractivity contribution in [1.82, 2.24) is 4.90 Å². The van der Waals surface area contributed by atoms with E-state index in [9.17, 15) is 9.90 Å². The van der Waals surface area contributed by atoms with Gasteiger partial charge in [0.1, 0.15) is 5.60 Å². The third-order valence-corrected chi connectivity index (χ3v) is 3.12. The largest absolute Gasteiger partial charge is 0.444 e. The Labute approximate surface area is 90.2 Å². The molecule has 1 saturated heterocycles. The maximum absolute atomic E-state index is 11.8. The molecule has 1 amide bonds. The smallest absolute Gasteiger partial charge is 0.410 e. The molecule has 0 aromatic carbocycles. The van der Waals surface area contributed by atoms with Crippen molar-refractivity contribution in [2.45, 2.75) is 38.8 Å². The molecule has 86 valence electrons. The van der Waals surface area contributed by atoms with E-state index in [1.165, 1.54) is 0 Å². The van der Waals surface area contributed by atoms with Crippen LogP contribution < -0.4 is 0 Å².